The van der Waals surface area contributed by atoms with Crippen molar-refractivity contribution in [3.05, 3.63) is 65.0 Å². The predicted molar refractivity (Wildman–Crippen MR) is 60.6 cm³/mol. The van der Waals surface area contributed by atoms with E-state index in [2.05, 4.69) is 5.11 Å². The van der Waals surface area contributed by atoms with E-state index in [1.165, 1.54) is 4.98 Å². The summed E-state index contributed by atoms with van der Waals surface area (Å²) in [5.74, 6) is -13.7. The van der Waals surface area contributed by atoms with Gasteiger partial charge in [0.25, 0.3) is 1.43 Å². The van der Waals surface area contributed by atoms with Crippen LogP contribution in [0.3, 0.4) is 0 Å². The van der Waals surface area contributed by atoms with Crippen molar-refractivity contribution in [1.29, 1.82) is 1.43 Å². The fourth-order valence-corrected chi connectivity index (χ4v) is 1.30. The van der Waals surface area contributed by atoms with Crippen LogP contribution in [0.1, 0.15) is 20.7 Å². The van der Waals surface area contributed by atoms with Crippen molar-refractivity contribution in [2.24, 2.45) is 0 Å². The first kappa shape index (κ1) is 14.0. The second-order valence-corrected chi connectivity index (χ2v) is 3.61. The number of carboxylic acids is 2. The van der Waals surface area contributed by atoms with Gasteiger partial charge in [-0.25, -0.2) is 27.3 Å². The first-order valence-corrected chi connectivity index (χ1v) is 5.42. The highest BCUT2D eigenvalue weighted by Gasteiger charge is 2.29. The van der Waals surface area contributed by atoms with Crippen molar-refractivity contribution in [1.82, 2.24) is 0 Å². The number of pyridine rings is 1. The van der Waals surface area contributed by atoms with Gasteiger partial charge in [0.15, 0.2) is 35.7 Å². The van der Waals surface area contributed by atoms with Crippen molar-refractivity contribution < 1.29 is 43.8 Å². The van der Waals surface area contributed by atoms with Gasteiger partial charge in [0.05, 0.1) is 11.5 Å². The Balaban J connectivity index is 0.000000341. The van der Waals surface area contributed by atoms with Crippen LogP contribution in [0, 0.1) is 23.3 Å². The zero-order valence-corrected chi connectivity index (χ0v) is 10.5. The molecular formula is C13H7F4NO4. The van der Waals surface area contributed by atoms with Gasteiger partial charge in [-0.3, -0.25) is 0 Å². The van der Waals surface area contributed by atoms with Crippen molar-refractivity contribution in [2.75, 3.05) is 0 Å². The summed E-state index contributed by atoms with van der Waals surface area (Å²) in [5.41, 5.74) is -3.82. The zero-order chi connectivity index (χ0) is 18.4. The van der Waals surface area contributed by atoms with E-state index in [1.54, 1.807) is 12.4 Å². The highest BCUT2D eigenvalue weighted by atomic mass is 19.2. The topological polar surface area (TPSA) is 91.6 Å². The van der Waals surface area contributed by atoms with Crippen LogP contribution < -0.4 is 10.1 Å². The molecule has 0 aliphatic carbocycles. The molecular weight excluding hydrogens is 310 g/mol. The Hall–Kier alpha value is -2.97. The summed E-state index contributed by atoms with van der Waals surface area (Å²) < 4.78 is 65.0. The molecule has 0 fully saturated rings. The quantitative estimate of drug-likeness (QED) is 0.655. The second-order valence-electron chi connectivity index (χ2n) is 3.61. The minimum atomic E-state index is -2.50. The summed E-state index contributed by atoms with van der Waals surface area (Å²) in [7, 11) is 0. The lowest BCUT2D eigenvalue weighted by Crippen LogP contribution is -2.27. The molecule has 0 unspecified atom stereocenters. The molecule has 5 nitrogen and oxygen atoms in total. The number of halogens is 4. The van der Waals surface area contributed by atoms with Gasteiger partial charge >= 0.3 is 7.38 Å². The molecule has 0 amide bonds. The number of nitrogens with one attached hydrogen (secondary N) is 1. The highest BCUT2D eigenvalue weighted by Crippen LogP contribution is 2.23. The third kappa shape index (κ3) is 3.57. The van der Waals surface area contributed by atoms with Crippen LogP contribution in [0.15, 0.2) is 30.6 Å². The van der Waals surface area contributed by atoms with Gasteiger partial charge in [0.2, 0.25) is 0 Å². The van der Waals surface area contributed by atoms with Crippen LogP contribution in [0.4, 0.5) is 17.6 Å². The van der Waals surface area contributed by atoms with Crippen molar-refractivity contribution >= 4 is 11.9 Å². The molecule has 22 heavy (non-hydrogen) atoms. The lowest BCUT2D eigenvalue weighted by atomic mass is 10.1. The molecule has 0 saturated heterocycles. The van der Waals surface area contributed by atoms with Gasteiger partial charge in [0.1, 0.15) is 5.56 Å². The number of carbonyl (C=O) groups excluding carboxylic acids is 1. The minimum absolute atomic E-state index is 1.25. The SMILES string of the molecule is [2H]OC(=O)c1c(F)c(F)c(C(=O)[O-])c(F)c1F.[2H][n+]1ccccc1. The summed E-state index contributed by atoms with van der Waals surface area (Å²) >= 11 is 0. The number of aromatic carboxylic acids is 2. The number of benzene rings is 1. The number of aromatic nitrogens is 1. The van der Waals surface area contributed by atoms with E-state index in [4.69, 9.17) is 2.84 Å². The monoisotopic (exact) mass is 319 g/mol. The van der Waals surface area contributed by atoms with Gasteiger partial charge in [-0.05, 0) is 0 Å². The van der Waals surface area contributed by atoms with E-state index in [-0.39, 0.29) is 0 Å². The molecule has 2 N–H and O–H groups in total. The lowest BCUT2D eigenvalue weighted by Gasteiger charge is -2.09. The largest absolute Gasteiger partial charge is 0.545 e. The van der Waals surface area contributed by atoms with E-state index in [0.717, 1.165) is 0 Å². The number of H-pyrrole nitrogens is 1. The normalized spacial score (nSPS) is 10.7. The standard InChI is InChI=1S/C8H2F4O4.C5H5N/c9-3-1(7(13)14)4(10)6(12)2(5(3)11)8(15)16;1-2-4-6-5-3-1/h(H,13,14)(H,15,16);1-5H/i/hD2. The Kier molecular flexibility index (Phi) is 4.55. The smallest absolute Gasteiger partial charge is 0.453 e. The summed E-state index contributed by atoms with van der Waals surface area (Å²) in [6, 6.07) is 5.50. The number of aromatic amines is 1. The number of hydrogen-bond acceptors (Lipinski definition) is 4. The summed E-state index contributed by atoms with van der Waals surface area (Å²) in [4.78, 5) is 22.1. The maximum Gasteiger partial charge on any atom is 0.453 e. The van der Waals surface area contributed by atoms with Crippen LogP contribution >= 0.6 is 0 Å². The molecule has 0 radical (unpaired) electrons. The number of rotatable bonds is 2. The highest BCUT2D eigenvalue weighted by molar-refractivity contribution is 5.92. The van der Waals surface area contributed by atoms with E-state index >= 15 is 0 Å². The first-order chi connectivity index (χ1) is 11.2. The molecule has 0 aliphatic rings. The Morgan fingerprint density at radius 1 is 1.00 bits per heavy atom. The van der Waals surface area contributed by atoms with Crippen LogP contribution in [-0.4, -0.2) is 17.0 Å². The summed E-state index contributed by atoms with van der Waals surface area (Å²) in [6.07, 6.45) is 3.33. The molecule has 0 bridgehead atoms. The molecule has 1 aromatic heterocycles. The predicted octanol–water partition coefficient (Wildman–Crippen LogP) is 0.805. The van der Waals surface area contributed by atoms with E-state index in [1.807, 2.05) is 18.2 Å². The average molecular weight is 319 g/mol. The molecule has 0 spiro atoms. The molecule has 9 heteroatoms. The second kappa shape index (κ2) is 7.16. The fourth-order valence-electron chi connectivity index (χ4n) is 1.30. The third-order valence-electron chi connectivity index (χ3n) is 2.24. The molecule has 2 aromatic rings. The number of carboxylic acid groups (broad SMARTS) is 2. The summed E-state index contributed by atoms with van der Waals surface area (Å²) in [5, 5.41) is 13.4. The van der Waals surface area contributed by atoms with Crippen LogP contribution in [0.5, 0.6) is 0 Å². The van der Waals surface area contributed by atoms with Crippen molar-refractivity contribution in [2.45, 2.75) is 0 Å². The minimum Gasteiger partial charge on any atom is -0.545 e. The first-order valence-electron chi connectivity index (χ1n) is 6.28. The zero-order valence-electron chi connectivity index (χ0n) is 12.5. The van der Waals surface area contributed by atoms with E-state index in [9.17, 15) is 32.3 Å². The number of hydrogen-bond donors (Lipinski definition) is 1. The van der Waals surface area contributed by atoms with Gasteiger partial charge in [-0.2, -0.15) is 0 Å². The Morgan fingerprint density at radius 2 is 1.45 bits per heavy atom. The molecule has 0 atom stereocenters. The molecule has 2 rings (SSSR count). The van der Waals surface area contributed by atoms with Crippen molar-refractivity contribution in [3.8, 4) is 0 Å². The van der Waals surface area contributed by atoms with Gasteiger partial charge < -0.3 is 15.0 Å². The van der Waals surface area contributed by atoms with E-state index < -0.39 is 46.3 Å². The Morgan fingerprint density at radius 3 is 1.77 bits per heavy atom. The average Bonchev–Trinajstić information content (AvgIpc) is 2.54. The third-order valence-corrected chi connectivity index (χ3v) is 2.24. The molecule has 0 saturated carbocycles. The summed E-state index contributed by atoms with van der Waals surface area (Å²) in [6.45, 7) is 0. The molecule has 116 valence electrons. The lowest BCUT2D eigenvalue weighted by molar-refractivity contribution is -0.377. The molecule has 0 aliphatic heterocycles. The Bertz CT molecular complexity index is 745. The Labute approximate surface area is 123 Å². The van der Waals surface area contributed by atoms with Crippen molar-refractivity contribution in [3.63, 3.8) is 0 Å². The molecule has 1 aromatic carbocycles. The van der Waals surface area contributed by atoms with Gasteiger partial charge in [-0.1, -0.05) is 6.07 Å². The van der Waals surface area contributed by atoms with Crippen LogP contribution in [-0.2, 0) is 0 Å². The number of carbonyl (C=O) groups is 2. The van der Waals surface area contributed by atoms with Crippen LogP contribution in [0.25, 0.3) is 1.43 Å². The maximum atomic E-state index is 13.0. The fraction of sp³-hybridized carbons (Fsp3) is 0. The van der Waals surface area contributed by atoms with Gasteiger partial charge in [-0.15, -0.1) is 0 Å². The maximum absolute atomic E-state index is 13.0. The molecule has 1 heterocycles. The van der Waals surface area contributed by atoms with Crippen LogP contribution in [0.2, 0.25) is 1.41 Å². The van der Waals surface area contributed by atoms with E-state index in [0.29, 0.717) is 0 Å². The van der Waals surface area contributed by atoms with Gasteiger partial charge in [0, 0.05) is 12.1 Å².